The van der Waals surface area contributed by atoms with E-state index in [-0.39, 0.29) is 18.2 Å². The molecule has 2 amide bonds. The first-order valence-corrected chi connectivity index (χ1v) is 10.1. The van der Waals surface area contributed by atoms with Gasteiger partial charge in [-0.15, -0.1) is 0 Å². The Kier molecular flexibility index (Phi) is 6.07. The molecule has 2 heterocycles. The zero-order chi connectivity index (χ0) is 22.9. The highest BCUT2D eigenvalue weighted by molar-refractivity contribution is 6.31. The fraction of sp³-hybridized carbons (Fsp3) is 0.238. The molecule has 6 nitrogen and oxygen atoms in total. The number of nitrogens with zero attached hydrogens (tertiary/aromatic N) is 2. The number of aromatic nitrogens is 2. The number of amides is 2. The van der Waals surface area contributed by atoms with E-state index in [9.17, 15) is 22.4 Å². The summed E-state index contributed by atoms with van der Waals surface area (Å²) in [5.74, 6) is -0.592. The van der Waals surface area contributed by atoms with E-state index >= 15 is 0 Å². The van der Waals surface area contributed by atoms with E-state index in [4.69, 9.17) is 11.6 Å². The Morgan fingerprint density at radius 3 is 2.41 bits per heavy atom. The van der Waals surface area contributed by atoms with Crippen LogP contribution in [0.3, 0.4) is 0 Å². The van der Waals surface area contributed by atoms with Crippen LogP contribution < -0.4 is 10.7 Å². The summed E-state index contributed by atoms with van der Waals surface area (Å²) >= 11 is 6.25. The number of rotatable bonds is 3. The number of hydrogen-bond donors (Lipinski definition) is 3. The van der Waals surface area contributed by atoms with Gasteiger partial charge < -0.3 is 5.32 Å². The summed E-state index contributed by atoms with van der Waals surface area (Å²) in [7, 11) is 0. The summed E-state index contributed by atoms with van der Waals surface area (Å²) in [6.07, 6.45) is -2.40. The highest BCUT2D eigenvalue weighted by atomic mass is 35.5. The SMILES string of the molecule is O=C(Nc1ccc(C(F)(F)F)cc1)N1CCC(c2n[nH]cc2Cl)C(c2ccc(F)cc2)N1. The number of aromatic amines is 1. The van der Waals surface area contributed by atoms with Crippen molar-refractivity contribution in [1.82, 2.24) is 20.6 Å². The number of nitrogens with one attached hydrogen (secondary N) is 3. The van der Waals surface area contributed by atoms with Crippen LogP contribution in [-0.4, -0.2) is 27.8 Å². The van der Waals surface area contributed by atoms with Crippen LogP contribution in [0.4, 0.5) is 28.0 Å². The highest BCUT2D eigenvalue weighted by Gasteiger charge is 2.36. The number of alkyl halides is 3. The molecule has 2 aromatic carbocycles. The van der Waals surface area contributed by atoms with Gasteiger partial charge in [-0.2, -0.15) is 18.3 Å². The summed E-state index contributed by atoms with van der Waals surface area (Å²) in [5.41, 5.74) is 3.88. The second-order valence-corrected chi connectivity index (χ2v) is 7.74. The third-order valence-corrected chi connectivity index (χ3v) is 5.57. The molecule has 0 saturated carbocycles. The molecule has 0 bridgehead atoms. The summed E-state index contributed by atoms with van der Waals surface area (Å²) in [6.45, 7) is 0.290. The molecule has 168 valence electrons. The summed E-state index contributed by atoms with van der Waals surface area (Å²) < 4.78 is 51.6. The van der Waals surface area contributed by atoms with Crippen LogP contribution in [-0.2, 0) is 6.18 Å². The normalized spacial score (nSPS) is 19.1. The summed E-state index contributed by atoms with van der Waals surface area (Å²) in [6, 6.07) is 9.06. The van der Waals surface area contributed by atoms with E-state index < -0.39 is 29.6 Å². The number of carbonyl (C=O) groups is 1. The number of urea groups is 1. The lowest BCUT2D eigenvalue weighted by atomic mass is 9.86. The van der Waals surface area contributed by atoms with Crippen molar-refractivity contribution < 1.29 is 22.4 Å². The zero-order valence-corrected chi connectivity index (χ0v) is 17.2. The second-order valence-electron chi connectivity index (χ2n) is 7.33. The van der Waals surface area contributed by atoms with E-state index in [1.54, 1.807) is 18.3 Å². The molecule has 3 aromatic rings. The lowest BCUT2D eigenvalue weighted by Gasteiger charge is -2.39. The second kappa shape index (κ2) is 8.79. The van der Waals surface area contributed by atoms with Gasteiger partial charge in [0, 0.05) is 24.3 Å². The van der Waals surface area contributed by atoms with Crippen LogP contribution in [0.1, 0.15) is 35.2 Å². The van der Waals surface area contributed by atoms with Gasteiger partial charge in [-0.1, -0.05) is 23.7 Å². The average molecular weight is 468 g/mol. The number of carbonyl (C=O) groups excluding carboxylic acids is 1. The summed E-state index contributed by atoms with van der Waals surface area (Å²) in [5, 5.41) is 11.3. The van der Waals surface area contributed by atoms with Crippen molar-refractivity contribution in [2.75, 3.05) is 11.9 Å². The largest absolute Gasteiger partial charge is 0.416 e. The maximum atomic E-state index is 13.4. The lowest BCUT2D eigenvalue weighted by Crippen LogP contribution is -2.52. The van der Waals surface area contributed by atoms with Gasteiger partial charge in [0.2, 0.25) is 0 Å². The number of hydrazine groups is 1. The Morgan fingerprint density at radius 1 is 1.12 bits per heavy atom. The Balaban J connectivity index is 1.52. The van der Waals surface area contributed by atoms with Crippen molar-refractivity contribution in [2.45, 2.75) is 24.6 Å². The lowest BCUT2D eigenvalue weighted by molar-refractivity contribution is -0.137. The number of hydrogen-bond acceptors (Lipinski definition) is 3. The Morgan fingerprint density at radius 2 is 1.81 bits per heavy atom. The predicted octanol–water partition coefficient (Wildman–Crippen LogP) is 5.49. The van der Waals surface area contributed by atoms with Gasteiger partial charge in [0.1, 0.15) is 5.82 Å². The number of H-pyrrole nitrogens is 1. The van der Waals surface area contributed by atoms with E-state index in [2.05, 4.69) is 20.9 Å². The molecular weight excluding hydrogens is 450 g/mol. The maximum absolute atomic E-state index is 13.4. The fourth-order valence-electron chi connectivity index (χ4n) is 3.67. The molecule has 4 rings (SSSR count). The van der Waals surface area contributed by atoms with Gasteiger partial charge in [-0.3, -0.25) is 10.1 Å². The minimum atomic E-state index is -4.46. The van der Waals surface area contributed by atoms with Gasteiger partial charge in [0.05, 0.1) is 22.3 Å². The first-order valence-electron chi connectivity index (χ1n) is 9.69. The zero-order valence-electron chi connectivity index (χ0n) is 16.5. The Bertz CT molecular complexity index is 1080. The monoisotopic (exact) mass is 467 g/mol. The first-order chi connectivity index (χ1) is 15.2. The van der Waals surface area contributed by atoms with Crippen molar-refractivity contribution in [2.24, 2.45) is 0 Å². The molecular formula is C21H18ClF4N5O. The maximum Gasteiger partial charge on any atom is 0.416 e. The minimum absolute atomic E-state index is 0.200. The van der Waals surface area contributed by atoms with Crippen molar-refractivity contribution in [3.63, 3.8) is 0 Å². The predicted molar refractivity (Wildman–Crippen MR) is 110 cm³/mol. The van der Waals surface area contributed by atoms with E-state index in [1.807, 2.05) is 0 Å². The van der Waals surface area contributed by atoms with Crippen molar-refractivity contribution in [3.8, 4) is 0 Å². The van der Waals surface area contributed by atoms with Crippen LogP contribution in [0.5, 0.6) is 0 Å². The molecule has 1 aliphatic heterocycles. The molecule has 1 fully saturated rings. The van der Waals surface area contributed by atoms with Gasteiger partial charge in [-0.25, -0.2) is 14.6 Å². The molecule has 0 aliphatic carbocycles. The molecule has 1 saturated heterocycles. The summed E-state index contributed by atoms with van der Waals surface area (Å²) in [4.78, 5) is 12.8. The van der Waals surface area contributed by atoms with Gasteiger partial charge in [0.25, 0.3) is 0 Å². The van der Waals surface area contributed by atoms with E-state index in [1.165, 1.54) is 29.3 Å². The number of anilines is 1. The molecule has 0 radical (unpaired) electrons. The number of benzene rings is 2. The van der Waals surface area contributed by atoms with Crippen LogP contribution in [0, 0.1) is 5.82 Å². The molecule has 2 unspecified atom stereocenters. The van der Waals surface area contributed by atoms with Crippen LogP contribution in [0.15, 0.2) is 54.7 Å². The smallest absolute Gasteiger partial charge is 0.307 e. The molecule has 1 aromatic heterocycles. The Hall–Kier alpha value is -3.11. The van der Waals surface area contributed by atoms with Crippen molar-refractivity contribution in [1.29, 1.82) is 0 Å². The van der Waals surface area contributed by atoms with Gasteiger partial charge in [0.15, 0.2) is 0 Å². The fourth-order valence-corrected chi connectivity index (χ4v) is 3.90. The van der Waals surface area contributed by atoms with E-state index in [0.717, 1.165) is 17.7 Å². The standard InChI is InChI=1S/C21H18ClF4N5O/c22-17-11-27-29-19(17)16-9-10-31(30-18(16)12-1-5-14(23)6-2-12)20(32)28-15-7-3-13(4-8-15)21(24,25)26/h1-8,11,16,18,30H,9-10H2,(H,27,29)(H,28,32). The molecule has 32 heavy (non-hydrogen) atoms. The molecule has 2 atom stereocenters. The third kappa shape index (κ3) is 4.71. The molecule has 3 N–H and O–H groups in total. The average Bonchev–Trinajstić information content (AvgIpc) is 3.19. The van der Waals surface area contributed by atoms with Crippen LogP contribution in [0.2, 0.25) is 5.02 Å². The molecule has 0 spiro atoms. The highest BCUT2D eigenvalue weighted by Crippen LogP contribution is 2.39. The van der Waals surface area contributed by atoms with Crippen molar-refractivity contribution in [3.05, 3.63) is 82.4 Å². The molecule has 11 heteroatoms. The minimum Gasteiger partial charge on any atom is -0.307 e. The van der Waals surface area contributed by atoms with Crippen LogP contribution >= 0.6 is 11.6 Å². The Labute approximate surface area is 185 Å². The van der Waals surface area contributed by atoms with E-state index in [0.29, 0.717) is 17.1 Å². The topological polar surface area (TPSA) is 73.0 Å². The van der Waals surface area contributed by atoms with Crippen LogP contribution in [0.25, 0.3) is 0 Å². The quantitative estimate of drug-likeness (QED) is 0.446. The van der Waals surface area contributed by atoms with Crippen molar-refractivity contribution >= 4 is 23.3 Å². The van der Waals surface area contributed by atoms with Gasteiger partial charge in [-0.05, 0) is 48.4 Å². The third-order valence-electron chi connectivity index (χ3n) is 5.27. The molecule has 1 aliphatic rings. The number of halogens is 5. The van der Waals surface area contributed by atoms with Gasteiger partial charge >= 0.3 is 12.2 Å². The first kappa shape index (κ1) is 22.1.